The van der Waals surface area contributed by atoms with Crippen LogP contribution in [0.5, 0.6) is 0 Å². The molecule has 0 aliphatic heterocycles. The zero-order valence-electron chi connectivity index (χ0n) is 8.51. The first kappa shape index (κ1) is 11.5. The first-order valence-corrected chi connectivity index (χ1v) is 5.63. The third kappa shape index (κ3) is 2.24. The fourth-order valence-corrected chi connectivity index (χ4v) is 2.20. The first-order valence-electron chi connectivity index (χ1n) is 4.69. The van der Waals surface area contributed by atoms with Crippen molar-refractivity contribution in [1.82, 2.24) is 0 Å². The molecular weight excluding hydrogens is 243 g/mol. The molecule has 0 aliphatic rings. The van der Waals surface area contributed by atoms with Gasteiger partial charge in [-0.2, -0.15) is 11.3 Å². The second kappa shape index (κ2) is 4.47. The van der Waals surface area contributed by atoms with Gasteiger partial charge in [0.2, 0.25) is 0 Å². The second-order valence-electron chi connectivity index (χ2n) is 3.34. The van der Waals surface area contributed by atoms with Crippen LogP contribution in [0.15, 0.2) is 35.0 Å². The van der Waals surface area contributed by atoms with E-state index in [1.54, 1.807) is 0 Å². The molecule has 0 aliphatic carbocycles. The molecule has 0 amide bonds. The van der Waals surface area contributed by atoms with Crippen molar-refractivity contribution in [3.8, 4) is 0 Å². The van der Waals surface area contributed by atoms with Gasteiger partial charge in [0, 0.05) is 21.9 Å². The lowest BCUT2D eigenvalue weighted by molar-refractivity contribution is 0.0693. The minimum Gasteiger partial charge on any atom is -0.478 e. The Morgan fingerprint density at radius 2 is 1.65 bits per heavy atom. The molecule has 0 radical (unpaired) electrons. The van der Waals surface area contributed by atoms with Gasteiger partial charge in [-0.3, -0.25) is 4.79 Å². The molecule has 5 heteroatoms. The number of hydrogen-bond acceptors (Lipinski definition) is 3. The Morgan fingerprint density at radius 3 is 2.24 bits per heavy atom. The van der Waals surface area contributed by atoms with Crippen molar-refractivity contribution in [1.29, 1.82) is 0 Å². The molecule has 1 aromatic carbocycles. The number of halogens is 1. The largest absolute Gasteiger partial charge is 0.478 e. The van der Waals surface area contributed by atoms with Crippen LogP contribution in [0.25, 0.3) is 0 Å². The summed E-state index contributed by atoms with van der Waals surface area (Å²) in [4.78, 5) is 22.8. The van der Waals surface area contributed by atoms with Crippen LogP contribution in [0.1, 0.15) is 26.3 Å². The van der Waals surface area contributed by atoms with Gasteiger partial charge in [-0.05, 0) is 24.3 Å². The summed E-state index contributed by atoms with van der Waals surface area (Å²) >= 11 is 1.14. The fourth-order valence-electron chi connectivity index (χ4n) is 1.40. The molecule has 1 heterocycles. The Kier molecular flexibility index (Phi) is 3.01. The molecule has 17 heavy (non-hydrogen) atoms. The van der Waals surface area contributed by atoms with Crippen molar-refractivity contribution in [2.45, 2.75) is 0 Å². The Morgan fingerprint density at radius 1 is 1.06 bits per heavy atom. The molecule has 0 saturated heterocycles. The van der Waals surface area contributed by atoms with Crippen molar-refractivity contribution in [2.24, 2.45) is 0 Å². The van der Waals surface area contributed by atoms with E-state index in [2.05, 4.69) is 0 Å². The zero-order valence-corrected chi connectivity index (χ0v) is 9.33. The van der Waals surface area contributed by atoms with Crippen LogP contribution in [0.4, 0.5) is 4.39 Å². The van der Waals surface area contributed by atoms with Crippen molar-refractivity contribution >= 4 is 23.1 Å². The molecule has 2 rings (SSSR count). The molecule has 0 unspecified atom stereocenters. The lowest BCUT2D eigenvalue weighted by Gasteiger charge is -2.00. The highest BCUT2D eigenvalue weighted by Gasteiger charge is 2.18. The summed E-state index contributed by atoms with van der Waals surface area (Å²) in [5.74, 6) is -1.99. The van der Waals surface area contributed by atoms with E-state index in [1.807, 2.05) is 0 Å². The summed E-state index contributed by atoms with van der Waals surface area (Å²) in [5, 5.41) is 11.8. The Hall–Kier alpha value is -2.01. The van der Waals surface area contributed by atoms with Gasteiger partial charge >= 0.3 is 5.97 Å². The van der Waals surface area contributed by atoms with E-state index in [0.717, 1.165) is 11.3 Å². The predicted molar refractivity (Wildman–Crippen MR) is 61.1 cm³/mol. The highest BCUT2D eigenvalue weighted by Crippen LogP contribution is 2.19. The molecule has 3 nitrogen and oxygen atoms in total. The maximum atomic E-state index is 12.7. The molecule has 0 spiro atoms. The molecule has 1 N–H and O–H groups in total. The number of ketones is 1. The standard InChI is InChI=1S/C12H7FO3S/c13-8-3-1-7(2-4-8)11(14)9-5-17-6-10(9)12(15)16/h1-6H,(H,15,16). The van der Waals surface area contributed by atoms with Gasteiger partial charge in [-0.25, -0.2) is 9.18 Å². The van der Waals surface area contributed by atoms with E-state index in [-0.39, 0.29) is 16.7 Å². The molecule has 86 valence electrons. The van der Waals surface area contributed by atoms with Crippen molar-refractivity contribution in [3.05, 3.63) is 57.5 Å². The van der Waals surface area contributed by atoms with Crippen molar-refractivity contribution in [2.75, 3.05) is 0 Å². The van der Waals surface area contributed by atoms with E-state index < -0.39 is 17.6 Å². The number of carboxylic acids is 1. The highest BCUT2D eigenvalue weighted by molar-refractivity contribution is 7.08. The van der Waals surface area contributed by atoms with Crippen LogP contribution in [-0.2, 0) is 0 Å². The third-order valence-corrected chi connectivity index (χ3v) is 2.99. The molecule has 0 fully saturated rings. The monoisotopic (exact) mass is 250 g/mol. The van der Waals surface area contributed by atoms with Crippen LogP contribution < -0.4 is 0 Å². The van der Waals surface area contributed by atoms with Gasteiger partial charge in [0.1, 0.15) is 5.82 Å². The minimum atomic E-state index is -1.14. The summed E-state index contributed by atoms with van der Waals surface area (Å²) in [6, 6.07) is 5.00. The normalized spacial score (nSPS) is 10.2. The molecule has 0 atom stereocenters. The Balaban J connectivity index is 2.40. The van der Waals surface area contributed by atoms with E-state index in [1.165, 1.54) is 35.0 Å². The summed E-state index contributed by atoms with van der Waals surface area (Å²) in [6.45, 7) is 0. The second-order valence-corrected chi connectivity index (χ2v) is 4.08. The topological polar surface area (TPSA) is 54.4 Å². The average molecular weight is 250 g/mol. The highest BCUT2D eigenvalue weighted by atomic mass is 32.1. The third-order valence-electron chi connectivity index (χ3n) is 2.24. The van der Waals surface area contributed by atoms with Gasteiger partial charge in [0.05, 0.1) is 5.56 Å². The summed E-state index contributed by atoms with van der Waals surface area (Å²) in [7, 11) is 0. The molecular formula is C12H7FO3S. The maximum Gasteiger partial charge on any atom is 0.337 e. The van der Waals surface area contributed by atoms with Gasteiger partial charge in [0.15, 0.2) is 5.78 Å². The van der Waals surface area contributed by atoms with E-state index in [0.29, 0.717) is 0 Å². The number of aromatic carboxylic acids is 1. The van der Waals surface area contributed by atoms with Crippen LogP contribution in [-0.4, -0.2) is 16.9 Å². The zero-order chi connectivity index (χ0) is 12.4. The number of hydrogen-bond donors (Lipinski definition) is 1. The number of carbonyl (C=O) groups excluding carboxylic acids is 1. The maximum absolute atomic E-state index is 12.7. The van der Waals surface area contributed by atoms with Crippen LogP contribution in [0, 0.1) is 5.82 Å². The summed E-state index contributed by atoms with van der Waals surface area (Å²) < 4.78 is 12.7. The fraction of sp³-hybridized carbons (Fsp3) is 0. The lowest BCUT2D eigenvalue weighted by atomic mass is 10.0. The van der Waals surface area contributed by atoms with Gasteiger partial charge in [-0.15, -0.1) is 0 Å². The van der Waals surface area contributed by atoms with Gasteiger partial charge in [-0.1, -0.05) is 0 Å². The molecule has 1 aromatic heterocycles. The van der Waals surface area contributed by atoms with Crippen LogP contribution in [0.2, 0.25) is 0 Å². The average Bonchev–Trinajstić information content (AvgIpc) is 2.78. The smallest absolute Gasteiger partial charge is 0.337 e. The molecule has 0 saturated carbocycles. The number of carboxylic acid groups (broad SMARTS) is 1. The molecule has 2 aromatic rings. The van der Waals surface area contributed by atoms with E-state index >= 15 is 0 Å². The number of carbonyl (C=O) groups is 2. The Labute approximate surface area is 100 Å². The van der Waals surface area contributed by atoms with Gasteiger partial charge in [0.25, 0.3) is 0 Å². The SMILES string of the molecule is O=C(O)c1cscc1C(=O)c1ccc(F)cc1. The van der Waals surface area contributed by atoms with Crippen LogP contribution in [0.3, 0.4) is 0 Å². The molecule has 0 bridgehead atoms. The summed E-state index contributed by atoms with van der Waals surface area (Å²) in [6.07, 6.45) is 0. The lowest BCUT2D eigenvalue weighted by Crippen LogP contribution is -2.06. The van der Waals surface area contributed by atoms with Crippen molar-refractivity contribution in [3.63, 3.8) is 0 Å². The van der Waals surface area contributed by atoms with E-state index in [9.17, 15) is 14.0 Å². The van der Waals surface area contributed by atoms with E-state index in [4.69, 9.17) is 5.11 Å². The van der Waals surface area contributed by atoms with Crippen LogP contribution >= 0.6 is 11.3 Å². The predicted octanol–water partition coefficient (Wildman–Crippen LogP) is 2.82. The number of rotatable bonds is 3. The quantitative estimate of drug-likeness (QED) is 0.852. The minimum absolute atomic E-state index is 0.0238. The van der Waals surface area contributed by atoms with Gasteiger partial charge < -0.3 is 5.11 Å². The van der Waals surface area contributed by atoms with Crippen molar-refractivity contribution < 1.29 is 19.1 Å². The summed E-state index contributed by atoms with van der Waals surface area (Å²) in [5.41, 5.74) is 0.380. The Bertz CT molecular complexity index is 572. The number of thiophene rings is 1. The number of benzene rings is 1. The first-order chi connectivity index (χ1) is 8.09.